The fourth-order valence-electron chi connectivity index (χ4n) is 1.98. The first-order chi connectivity index (χ1) is 6.43. The molecule has 0 N–H and O–H groups in total. The summed E-state index contributed by atoms with van der Waals surface area (Å²) in [5.41, 5.74) is 3.06. The molecule has 0 aromatic heterocycles. The van der Waals surface area contributed by atoms with E-state index >= 15 is 0 Å². The van der Waals surface area contributed by atoms with Crippen molar-refractivity contribution in [3.8, 4) is 0 Å². The van der Waals surface area contributed by atoms with Gasteiger partial charge in [-0.25, -0.2) is 0 Å². The number of fused-ring (bicyclic) bond motifs is 1. The molecule has 1 fully saturated rings. The molecule has 0 saturated carbocycles. The van der Waals surface area contributed by atoms with Crippen molar-refractivity contribution in [2.24, 2.45) is 0 Å². The molecule has 1 saturated heterocycles. The molecule has 3 aliphatic rings. The Morgan fingerprint density at radius 2 is 2.23 bits per heavy atom. The smallest absolute Gasteiger partial charge is 0.169 e. The molecule has 0 spiro atoms. The maximum absolute atomic E-state index is 5.29. The van der Waals surface area contributed by atoms with Crippen LogP contribution >= 0.6 is 0 Å². The molecule has 13 heavy (non-hydrogen) atoms. The van der Waals surface area contributed by atoms with Crippen molar-refractivity contribution >= 4 is 0 Å². The number of hydrogen-bond donors (Lipinski definition) is 0. The van der Waals surface area contributed by atoms with Crippen LogP contribution in [0.2, 0.25) is 0 Å². The van der Waals surface area contributed by atoms with Crippen molar-refractivity contribution in [3.63, 3.8) is 0 Å². The first-order valence-electron chi connectivity index (χ1n) is 4.88. The van der Waals surface area contributed by atoms with E-state index in [1.165, 1.54) is 24.2 Å². The summed E-state index contributed by atoms with van der Waals surface area (Å²) in [4.78, 5) is 0. The van der Waals surface area contributed by atoms with E-state index in [0.29, 0.717) is 0 Å². The minimum Gasteiger partial charge on any atom is -0.450 e. The van der Waals surface area contributed by atoms with Gasteiger partial charge in [-0.2, -0.15) is 0 Å². The summed E-state index contributed by atoms with van der Waals surface area (Å²) in [7, 11) is 0. The van der Waals surface area contributed by atoms with Crippen LogP contribution in [-0.4, -0.2) is 0 Å². The molecule has 0 unspecified atom stereocenters. The Balaban J connectivity index is 1.57. The van der Waals surface area contributed by atoms with Crippen molar-refractivity contribution in [2.45, 2.75) is 25.7 Å². The summed E-state index contributed by atoms with van der Waals surface area (Å²) in [6.45, 7) is 0. The minimum absolute atomic E-state index is 1.13. The molecule has 1 aliphatic heterocycles. The number of hydrogen-bond acceptors (Lipinski definition) is 1. The summed E-state index contributed by atoms with van der Waals surface area (Å²) in [6, 6.07) is 0. The van der Waals surface area contributed by atoms with Crippen LogP contribution in [0.15, 0.2) is 47.0 Å². The fourth-order valence-corrected chi connectivity index (χ4v) is 1.98. The normalized spacial score (nSPS) is 22.8. The van der Waals surface area contributed by atoms with Crippen LogP contribution in [0.4, 0.5) is 0 Å². The molecule has 1 heteroatoms. The van der Waals surface area contributed by atoms with E-state index in [4.69, 9.17) is 4.74 Å². The van der Waals surface area contributed by atoms with E-state index < -0.39 is 0 Å². The van der Waals surface area contributed by atoms with Crippen molar-refractivity contribution in [1.82, 2.24) is 0 Å². The lowest BCUT2D eigenvalue weighted by Crippen LogP contribution is -1.84. The van der Waals surface area contributed by atoms with Gasteiger partial charge in [-0.05, 0) is 37.3 Å². The third-order valence-corrected chi connectivity index (χ3v) is 2.85. The van der Waals surface area contributed by atoms with Gasteiger partial charge in [0.05, 0.1) is 0 Å². The molecule has 0 atom stereocenters. The largest absolute Gasteiger partial charge is 0.450 e. The first-order valence-corrected chi connectivity index (χ1v) is 4.88. The fraction of sp³-hybridized carbons (Fsp3) is 0.333. The van der Waals surface area contributed by atoms with Crippen LogP contribution in [-0.2, 0) is 4.74 Å². The number of rotatable bonds is 3. The summed E-state index contributed by atoms with van der Waals surface area (Å²) < 4.78 is 5.29. The zero-order chi connectivity index (χ0) is 8.67. The summed E-state index contributed by atoms with van der Waals surface area (Å²) in [5.74, 6) is 2.35. The highest BCUT2D eigenvalue weighted by Gasteiger charge is 2.33. The average Bonchev–Trinajstić information content (AvgIpc) is 2.64. The van der Waals surface area contributed by atoms with Crippen LogP contribution in [0.5, 0.6) is 0 Å². The number of epoxide rings is 1. The van der Waals surface area contributed by atoms with E-state index in [1.807, 2.05) is 0 Å². The highest BCUT2D eigenvalue weighted by molar-refractivity contribution is 5.46. The number of allylic oxidation sites excluding steroid dienone is 6. The molecule has 2 aliphatic carbocycles. The predicted molar refractivity (Wildman–Crippen MR) is 51.9 cm³/mol. The molecular formula is C12H12O. The van der Waals surface area contributed by atoms with Crippen LogP contribution in [0.3, 0.4) is 0 Å². The van der Waals surface area contributed by atoms with Gasteiger partial charge in [-0.1, -0.05) is 23.8 Å². The van der Waals surface area contributed by atoms with Gasteiger partial charge in [0.25, 0.3) is 0 Å². The van der Waals surface area contributed by atoms with Gasteiger partial charge < -0.3 is 4.74 Å². The molecule has 0 aromatic rings. The summed E-state index contributed by atoms with van der Waals surface area (Å²) in [6.07, 6.45) is 13.5. The lowest BCUT2D eigenvalue weighted by Gasteiger charge is -2.02. The summed E-state index contributed by atoms with van der Waals surface area (Å²) >= 11 is 0. The molecule has 66 valence electrons. The van der Waals surface area contributed by atoms with Crippen LogP contribution < -0.4 is 0 Å². The molecule has 0 radical (unpaired) electrons. The van der Waals surface area contributed by atoms with Crippen molar-refractivity contribution < 1.29 is 4.74 Å². The van der Waals surface area contributed by atoms with Crippen molar-refractivity contribution in [2.75, 3.05) is 0 Å². The Morgan fingerprint density at radius 3 is 2.85 bits per heavy atom. The van der Waals surface area contributed by atoms with E-state index in [9.17, 15) is 0 Å². The maximum Gasteiger partial charge on any atom is 0.169 e. The highest BCUT2D eigenvalue weighted by Crippen LogP contribution is 2.44. The predicted octanol–water partition coefficient (Wildman–Crippen LogP) is 3.22. The van der Waals surface area contributed by atoms with Crippen molar-refractivity contribution in [1.29, 1.82) is 0 Å². The monoisotopic (exact) mass is 172 g/mol. The van der Waals surface area contributed by atoms with E-state index in [1.54, 1.807) is 5.57 Å². The second-order valence-electron chi connectivity index (χ2n) is 3.76. The van der Waals surface area contributed by atoms with E-state index in [2.05, 4.69) is 24.3 Å². The second kappa shape index (κ2) is 2.63. The van der Waals surface area contributed by atoms with Gasteiger partial charge in [-0.15, -0.1) is 0 Å². The zero-order valence-electron chi connectivity index (χ0n) is 7.55. The lowest BCUT2D eigenvalue weighted by atomic mass is 10.0. The third-order valence-electron chi connectivity index (χ3n) is 2.85. The molecular weight excluding hydrogens is 160 g/mol. The molecule has 0 bridgehead atoms. The molecule has 0 amide bonds. The van der Waals surface area contributed by atoms with Gasteiger partial charge in [0.2, 0.25) is 0 Å². The van der Waals surface area contributed by atoms with Gasteiger partial charge >= 0.3 is 0 Å². The van der Waals surface area contributed by atoms with E-state index in [0.717, 1.165) is 18.6 Å². The first kappa shape index (κ1) is 7.19. The topological polar surface area (TPSA) is 12.5 Å². The Morgan fingerprint density at radius 1 is 1.23 bits per heavy atom. The maximum atomic E-state index is 5.29. The Labute approximate surface area is 78.1 Å². The quantitative estimate of drug-likeness (QED) is 0.595. The van der Waals surface area contributed by atoms with Gasteiger partial charge in [0.15, 0.2) is 11.5 Å². The minimum atomic E-state index is 1.13. The van der Waals surface area contributed by atoms with Gasteiger partial charge in [-0.3, -0.25) is 0 Å². The van der Waals surface area contributed by atoms with Gasteiger partial charge in [0, 0.05) is 0 Å². The molecule has 0 aromatic carbocycles. The Hall–Kier alpha value is -1.24. The average molecular weight is 172 g/mol. The van der Waals surface area contributed by atoms with Crippen LogP contribution in [0.1, 0.15) is 25.7 Å². The zero-order valence-corrected chi connectivity index (χ0v) is 7.55. The number of ether oxygens (including phenoxy) is 1. The van der Waals surface area contributed by atoms with Crippen LogP contribution in [0, 0.1) is 0 Å². The Bertz CT molecular complexity index is 367. The second-order valence-corrected chi connectivity index (χ2v) is 3.76. The lowest BCUT2D eigenvalue weighted by molar-refractivity contribution is 0.537. The van der Waals surface area contributed by atoms with Crippen molar-refractivity contribution in [3.05, 3.63) is 47.0 Å². The Kier molecular flexibility index (Phi) is 1.45. The summed E-state index contributed by atoms with van der Waals surface area (Å²) in [5, 5.41) is 0. The SMILES string of the molecule is C1=CCC(CCC2=C3OC3=CC2)=C1. The van der Waals surface area contributed by atoms with Gasteiger partial charge in [0.1, 0.15) is 0 Å². The van der Waals surface area contributed by atoms with Crippen LogP contribution in [0.25, 0.3) is 0 Å². The molecule has 1 heterocycles. The highest BCUT2D eigenvalue weighted by atomic mass is 16.6. The third kappa shape index (κ3) is 1.24. The van der Waals surface area contributed by atoms with E-state index in [-0.39, 0.29) is 0 Å². The molecule has 1 nitrogen and oxygen atoms in total. The standard InChI is InChI=1S/C12H12O/c1-2-4-9(3-1)5-6-10-7-8-11-12(10)13-11/h1-3,8H,4-7H2. The molecule has 3 rings (SSSR count).